The Morgan fingerprint density at radius 3 is 2.68 bits per heavy atom. The van der Waals surface area contributed by atoms with Crippen LogP contribution >= 0.6 is 15.9 Å². The number of halogens is 4. The number of hydrogen-bond acceptors (Lipinski definition) is 3. The van der Waals surface area contributed by atoms with Crippen LogP contribution in [-0.4, -0.2) is 29.8 Å². The Hall–Kier alpha value is -3.39. The van der Waals surface area contributed by atoms with Gasteiger partial charge in [-0.1, -0.05) is 12.1 Å². The lowest BCUT2D eigenvalue weighted by molar-refractivity contribution is -0.136. The smallest absolute Gasteiger partial charge is 0.321 e. The summed E-state index contributed by atoms with van der Waals surface area (Å²) in [5.74, 6) is 0.778. The highest BCUT2D eigenvalue weighted by molar-refractivity contribution is 9.10. The monoisotopic (exact) mass is 530 g/mol. The summed E-state index contributed by atoms with van der Waals surface area (Å²) < 4.78 is 45.1. The third kappa shape index (κ3) is 3.62. The third-order valence-corrected chi connectivity index (χ3v) is 6.95. The van der Waals surface area contributed by atoms with Crippen molar-refractivity contribution in [1.82, 2.24) is 23.7 Å². The second-order valence-corrected chi connectivity index (χ2v) is 9.58. The Balaban J connectivity index is 1.62. The molecular weight excluding hydrogens is 513 g/mol. The zero-order valence-electron chi connectivity index (χ0n) is 17.9. The molecule has 1 aromatic carbocycles. The average molecular weight is 531 g/mol. The zero-order valence-corrected chi connectivity index (χ0v) is 19.5. The average Bonchev–Trinajstić information content (AvgIpc) is 3.32. The van der Waals surface area contributed by atoms with Gasteiger partial charge in [0, 0.05) is 48.6 Å². The number of aromatic nitrogens is 5. The van der Waals surface area contributed by atoms with E-state index in [1.54, 1.807) is 18.5 Å². The predicted molar refractivity (Wildman–Crippen MR) is 122 cm³/mol. The first-order valence-electron chi connectivity index (χ1n) is 10.4. The molecule has 1 aliphatic rings. The van der Waals surface area contributed by atoms with Gasteiger partial charge in [-0.25, -0.2) is 11.4 Å². The van der Waals surface area contributed by atoms with Crippen LogP contribution in [-0.2, 0) is 25.1 Å². The molecule has 0 spiro atoms. The van der Waals surface area contributed by atoms with Gasteiger partial charge < -0.3 is 9.41 Å². The summed E-state index contributed by atoms with van der Waals surface area (Å²) in [7, 11) is 1.85. The number of pyridine rings is 1. The van der Waals surface area contributed by atoms with Gasteiger partial charge in [0.25, 0.3) is 0 Å². The molecule has 0 saturated heterocycles. The van der Waals surface area contributed by atoms with Gasteiger partial charge in [0.15, 0.2) is 0 Å². The van der Waals surface area contributed by atoms with Gasteiger partial charge in [-0.15, -0.1) is 10.2 Å². The molecule has 5 rings (SSSR count). The van der Waals surface area contributed by atoms with E-state index in [-0.39, 0.29) is 21.4 Å². The Morgan fingerprint density at radius 1 is 1.26 bits per heavy atom. The van der Waals surface area contributed by atoms with Gasteiger partial charge in [0.1, 0.15) is 12.2 Å². The van der Waals surface area contributed by atoms with E-state index in [0.717, 1.165) is 21.9 Å². The summed E-state index contributed by atoms with van der Waals surface area (Å²) in [4.78, 5) is 16.7. The minimum atomic E-state index is -4.61. The van der Waals surface area contributed by atoms with Gasteiger partial charge in [0.2, 0.25) is 6.04 Å². The fraction of sp³-hybridized carbons (Fsp3) is 0.304. The number of imidazole rings is 1. The molecule has 3 aromatic heterocycles. The van der Waals surface area contributed by atoms with Crippen LogP contribution in [0.25, 0.3) is 16.0 Å². The van der Waals surface area contributed by atoms with E-state index < -0.39 is 17.4 Å². The van der Waals surface area contributed by atoms with E-state index in [2.05, 4.69) is 31.0 Å². The SMILES string of the molecule is [C-]#[N+]C1CC(Cc2nncn2C)(c2cccc(-n3cc4c(C(F)(F)F)cc(Br)cn4c3=O)c2)C1. The maximum atomic E-state index is 13.6. The quantitative estimate of drug-likeness (QED) is 0.363. The molecule has 0 bridgehead atoms. The maximum absolute atomic E-state index is 13.6. The molecule has 4 aromatic rings. The highest BCUT2D eigenvalue weighted by Gasteiger charge is 2.50. The Labute approximate surface area is 200 Å². The van der Waals surface area contributed by atoms with E-state index in [9.17, 15) is 18.0 Å². The summed E-state index contributed by atoms with van der Waals surface area (Å²) in [6.07, 6.45) is 1.37. The topological polar surface area (TPSA) is 61.5 Å². The Morgan fingerprint density at radius 2 is 2.03 bits per heavy atom. The Kier molecular flexibility index (Phi) is 5.16. The van der Waals surface area contributed by atoms with E-state index >= 15 is 0 Å². The molecule has 7 nitrogen and oxygen atoms in total. The summed E-state index contributed by atoms with van der Waals surface area (Å²) in [6, 6.07) is 8.07. The lowest BCUT2D eigenvalue weighted by Gasteiger charge is -2.42. The fourth-order valence-corrected chi connectivity index (χ4v) is 5.17. The number of benzene rings is 1. The van der Waals surface area contributed by atoms with Gasteiger partial charge >= 0.3 is 11.9 Å². The van der Waals surface area contributed by atoms with Gasteiger partial charge in [-0.05, 0) is 39.7 Å². The van der Waals surface area contributed by atoms with E-state index in [0.29, 0.717) is 24.9 Å². The number of fused-ring (bicyclic) bond motifs is 1. The summed E-state index contributed by atoms with van der Waals surface area (Å²) in [5, 5.41) is 8.13. The molecule has 1 fully saturated rings. The predicted octanol–water partition coefficient (Wildman–Crippen LogP) is 4.56. The van der Waals surface area contributed by atoms with Crippen molar-refractivity contribution < 1.29 is 13.2 Å². The largest absolute Gasteiger partial charge is 0.418 e. The summed E-state index contributed by atoms with van der Waals surface area (Å²) >= 11 is 3.07. The van der Waals surface area contributed by atoms with Gasteiger partial charge in [-0.3, -0.25) is 8.97 Å². The second-order valence-electron chi connectivity index (χ2n) is 8.66. The van der Waals surface area contributed by atoms with Gasteiger partial charge in [-0.2, -0.15) is 13.2 Å². The number of alkyl halides is 3. The molecule has 0 atom stereocenters. The van der Waals surface area contributed by atoms with Crippen molar-refractivity contribution in [2.45, 2.75) is 36.9 Å². The van der Waals surface area contributed by atoms with Crippen molar-refractivity contribution in [3.8, 4) is 5.69 Å². The maximum Gasteiger partial charge on any atom is 0.418 e. The first-order valence-corrected chi connectivity index (χ1v) is 11.2. The van der Waals surface area contributed by atoms with Crippen molar-refractivity contribution in [3.63, 3.8) is 0 Å². The molecule has 0 aliphatic heterocycles. The van der Waals surface area contributed by atoms with Crippen LogP contribution in [0.5, 0.6) is 0 Å². The Bertz CT molecular complexity index is 1500. The van der Waals surface area contributed by atoms with E-state index in [1.807, 2.05) is 23.7 Å². The molecular formula is C23H18BrF3N6O. The first kappa shape index (κ1) is 22.4. The molecule has 1 aliphatic carbocycles. The molecule has 174 valence electrons. The van der Waals surface area contributed by atoms with Gasteiger partial charge in [0.05, 0.1) is 16.8 Å². The zero-order chi connectivity index (χ0) is 24.3. The lowest BCUT2D eigenvalue weighted by atomic mass is 9.60. The number of hydrogen-bond donors (Lipinski definition) is 0. The van der Waals surface area contributed by atoms with Crippen molar-refractivity contribution in [2.24, 2.45) is 7.05 Å². The number of rotatable bonds is 4. The molecule has 34 heavy (non-hydrogen) atoms. The normalized spacial score (nSPS) is 20.3. The number of aryl methyl sites for hydroxylation is 1. The lowest BCUT2D eigenvalue weighted by Crippen LogP contribution is -2.45. The van der Waals surface area contributed by atoms with Crippen LogP contribution in [0.2, 0.25) is 0 Å². The fourth-order valence-electron chi connectivity index (χ4n) is 4.74. The van der Waals surface area contributed by atoms with Crippen LogP contribution in [0, 0.1) is 6.57 Å². The minimum Gasteiger partial charge on any atom is -0.321 e. The standard InChI is InChI=1S/C23H18BrF3N6O/c1-28-16-8-22(9-16,10-20-30-29-13-31(20)2)14-4-3-5-17(6-14)32-12-19-18(23(25,26)27)7-15(24)11-33(19)21(32)34/h3-7,11-13,16H,8-10H2,2H3. The molecule has 0 N–H and O–H groups in total. The highest BCUT2D eigenvalue weighted by Crippen LogP contribution is 2.48. The highest BCUT2D eigenvalue weighted by atomic mass is 79.9. The van der Waals surface area contributed by atoms with Crippen molar-refractivity contribution in [1.29, 1.82) is 0 Å². The van der Waals surface area contributed by atoms with E-state index in [4.69, 9.17) is 6.57 Å². The molecule has 0 unspecified atom stereocenters. The molecule has 3 heterocycles. The summed E-state index contributed by atoms with van der Waals surface area (Å²) in [5.41, 5.74) is -0.724. The van der Waals surface area contributed by atoms with Crippen molar-refractivity contribution in [2.75, 3.05) is 0 Å². The summed E-state index contributed by atoms with van der Waals surface area (Å²) in [6.45, 7) is 7.39. The molecule has 0 radical (unpaired) electrons. The van der Waals surface area contributed by atoms with Crippen LogP contribution in [0.1, 0.15) is 29.8 Å². The minimum absolute atomic E-state index is 0.108. The number of nitrogens with zero attached hydrogens (tertiary/aromatic N) is 6. The molecule has 0 amide bonds. The first-order chi connectivity index (χ1) is 16.1. The van der Waals surface area contributed by atoms with E-state index in [1.165, 1.54) is 17.0 Å². The van der Waals surface area contributed by atoms with Crippen molar-refractivity contribution >= 4 is 21.4 Å². The van der Waals surface area contributed by atoms with Crippen LogP contribution in [0.4, 0.5) is 13.2 Å². The molecule has 1 saturated carbocycles. The second kappa shape index (κ2) is 7.84. The third-order valence-electron chi connectivity index (χ3n) is 6.51. The van der Waals surface area contributed by atoms with Crippen LogP contribution in [0.3, 0.4) is 0 Å². The van der Waals surface area contributed by atoms with Crippen molar-refractivity contribution in [3.05, 3.63) is 92.4 Å². The molecule has 11 heteroatoms. The van der Waals surface area contributed by atoms with Crippen LogP contribution in [0.15, 0.2) is 58.3 Å². The van der Waals surface area contributed by atoms with Crippen LogP contribution < -0.4 is 5.69 Å².